The third-order valence-corrected chi connectivity index (χ3v) is 3.52. The first-order valence-corrected chi connectivity index (χ1v) is 5.85. The van der Waals surface area contributed by atoms with Gasteiger partial charge in [-0.3, -0.25) is 4.90 Å². The molecule has 2 heterocycles. The molecule has 1 N–H and O–H groups in total. The third-order valence-electron chi connectivity index (χ3n) is 3.52. The molecule has 3 nitrogen and oxygen atoms in total. The Kier molecular flexibility index (Phi) is 3.42. The Bertz CT molecular complexity index is 170. The molecular weight excluding hydrogens is 176 g/mol. The van der Waals surface area contributed by atoms with Crippen LogP contribution < -0.4 is 5.32 Å². The highest BCUT2D eigenvalue weighted by Crippen LogP contribution is 2.26. The largest absolute Gasteiger partial charge is 0.379 e. The number of nitrogens with zero attached hydrogens (tertiary/aromatic N) is 1. The van der Waals surface area contributed by atoms with Crippen LogP contribution in [-0.2, 0) is 4.74 Å². The van der Waals surface area contributed by atoms with Crippen molar-refractivity contribution in [2.45, 2.75) is 31.7 Å². The Morgan fingerprint density at radius 1 is 1.21 bits per heavy atom. The number of nitrogens with one attached hydrogen (secondary N) is 1. The lowest BCUT2D eigenvalue weighted by Gasteiger charge is -2.38. The molecule has 1 unspecified atom stereocenters. The van der Waals surface area contributed by atoms with E-state index in [1.165, 1.54) is 45.4 Å². The second-order valence-corrected chi connectivity index (χ2v) is 4.74. The van der Waals surface area contributed by atoms with Crippen LogP contribution in [-0.4, -0.2) is 49.8 Å². The van der Waals surface area contributed by atoms with Gasteiger partial charge in [0.05, 0.1) is 6.61 Å². The highest BCUT2D eigenvalue weighted by molar-refractivity contribution is 4.90. The molecule has 1 atom stereocenters. The van der Waals surface area contributed by atoms with E-state index in [9.17, 15) is 0 Å². The van der Waals surface area contributed by atoms with Crippen LogP contribution in [0.15, 0.2) is 0 Å². The lowest BCUT2D eigenvalue weighted by molar-refractivity contribution is 0.0738. The van der Waals surface area contributed by atoms with Gasteiger partial charge in [0.2, 0.25) is 0 Å². The van der Waals surface area contributed by atoms with Crippen molar-refractivity contribution in [3.63, 3.8) is 0 Å². The van der Waals surface area contributed by atoms with Gasteiger partial charge in [0.15, 0.2) is 0 Å². The van der Waals surface area contributed by atoms with E-state index in [-0.39, 0.29) is 0 Å². The maximum absolute atomic E-state index is 5.53. The standard InChI is InChI=1S/C11H22N2O/c1-11(4-9-14-10-11)13-7-2-5-12-6-3-8-13/h12H,2-10H2,1H3. The van der Waals surface area contributed by atoms with E-state index in [2.05, 4.69) is 17.1 Å². The Morgan fingerprint density at radius 2 is 1.93 bits per heavy atom. The summed E-state index contributed by atoms with van der Waals surface area (Å²) in [5.74, 6) is 0. The molecule has 3 heteroatoms. The summed E-state index contributed by atoms with van der Waals surface area (Å²) in [4.78, 5) is 2.64. The maximum atomic E-state index is 5.53. The van der Waals surface area contributed by atoms with Gasteiger partial charge in [-0.15, -0.1) is 0 Å². The van der Waals surface area contributed by atoms with Crippen LogP contribution in [0, 0.1) is 0 Å². The topological polar surface area (TPSA) is 24.5 Å². The molecule has 2 aliphatic rings. The Morgan fingerprint density at radius 3 is 2.50 bits per heavy atom. The van der Waals surface area contributed by atoms with Crippen molar-refractivity contribution in [1.29, 1.82) is 0 Å². The van der Waals surface area contributed by atoms with Crippen LogP contribution in [0.5, 0.6) is 0 Å². The van der Waals surface area contributed by atoms with Gasteiger partial charge in [-0.1, -0.05) is 0 Å². The summed E-state index contributed by atoms with van der Waals surface area (Å²) < 4.78 is 5.53. The average molecular weight is 198 g/mol. The number of hydrogen-bond acceptors (Lipinski definition) is 3. The van der Waals surface area contributed by atoms with Crippen molar-refractivity contribution in [3.05, 3.63) is 0 Å². The number of ether oxygens (including phenoxy) is 1. The van der Waals surface area contributed by atoms with Crippen molar-refractivity contribution in [1.82, 2.24) is 10.2 Å². The van der Waals surface area contributed by atoms with Gasteiger partial charge in [-0.25, -0.2) is 0 Å². The molecule has 0 radical (unpaired) electrons. The van der Waals surface area contributed by atoms with Gasteiger partial charge in [0.1, 0.15) is 0 Å². The molecule has 2 fully saturated rings. The molecule has 0 amide bonds. The highest BCUT2D eigenvalue weighted by Gasteiger charge is 2.35. The predicted octanol–water partition coefficient (Wildman–Crippen LogP) is 0.851. The molecule has 14 heavy (non-hydrogen) atoms. The van der Waals surface area contributed by atoms with Crippen molar-refractivity contribution in [2.24, 2.45) is 0 Å². The monoisotopic (exact) mass is 198 g/mol. The fourth-order valence-electron chi connectivity index (χ4n) is 2.47. The molecule has 0 aromatic heterocycles. The fourth-order valence-corrected chi connectivity index (χ4v) is 2.47. The Labute approximate surface area is 86.8 Å². The molecule has 0 spiro atoms. The van der Waals surface area contributed by atoms with E-state index < -0.39 is 0 Å². The molecule has 0 bridgehead atoms. The average Bonchev–Trinajstić information content (AvgIpc) is 2.52. The van der Waals surface area contributed by atoms with E-state index in [4.69, 9.17) is 4.74 Å². The minimum atomic E-state index is 0.331. The van der Waals surface area contributed by atoms with E-state index in [1.54, 1.807) is 0 Å². The van der Waals surface area contributed by atoms with Gasteiger partial charge in [-0.05, 0) is 52.4 Å². The zero-order valence-electron chi connectivity index (χ0n) is 9.22. The van der Waals surface area contributed by atoms with E-state index in [0.29, 0.717) is 5.54 Å². The van der Waals surface area contributed by atoms with E-state index >= 15 is 0 Å². The van der Waals surface area contributed by atoms with Crippen molar-refractivity contribution >= 4 is 0 Å². The van der Waals surface area contributed by atoms with Crippen LogP contribution in [0.4, 0.5) is 0 Å². The molecule has 2 rings (SSSR count). The Hall–Kier alpha value is -0.120. The summed E-state index contributed by atoms with van der Waals surface area (Å²) in [5.41, 5.74) is 0.331. The number of hydrogen-bond donors (Lipinski definition) is 1. The fraction of sp³-hybridized carbons (Fsp3) is 1.00. The van der Waals surface area contributed by atoms with Crippen molar-refractivity contribution in [3.8, 4) is 0 Å². The first kappa shape index (κ1) is 10.4. The zero-order valence-corrected chi connectivity index (χ0v) is 9.22. The SMILES string of the molecule is CC1(N2CCCNCCC2)CCOC1. The summed E-state index contributed by atoms with van der Waals surface area (Å²) in [6, 6.07) is 0. The predicted molar refractivity (Wildman–Crippen MR) is 57.5 cm³/mol. The second kappa shape index (κ2) is 4.60. The molecular formula is C11H22N2O. The van der Waals surface area contributed by atoms with Gasteiger partial charge in [0.25, 0.3) is 0 Å². The zero-order chi connectivity index (χ0) is 9.86. The molecule has 0 saturated carbocycles. The van der Waals surface area contributed by atoms with Crippen LogP contribution >= 0.6 is 0 Å². The molecule has 2 aliphatic heterocycles. The molecule has 82 valence electrons. The summed E-state index contributed by atoms with van der Waals surface area (Å²) in [5, 5.41) is 3.45. The van der Waals surface area contributed by atoms with Crippen LogP contribution in [0.25, 0.3) is 0 Å². The highest BCUT2D eigenvalue weighted by atomic mass is 16.5. The first-order valence-electron chi connectivity index (χ1n) is 5.85. The van der Waals surface area contributed by atoms with E-state index in [0.717, 1.165) is 13.2 Å². The quantitative estimate of drug-likeness (QED) is 0.676. The molecule has 0 aromatic rings. The van der Waals surface area contributed by atoms with Gasteiger partial charge >= 0.3 is 0 Å². The van der Waals surface area contributed by atoms with Crippen molar-refractivity contribution < 1.29 is 4.74 Å². The summed E-state index contributed by atoms with van der Waals surface area (Å²) in [7, 11) is 0. The third kappa shape index (κ3) is 2.27. The molecule has 0 aromatic carbocycles. The normalized spacial score (nSPS) is 36.6. The summed E-state index contributed by atoms with van der Waals surface area (Å²) in [6.07, 6.45) is 3.76. The van der Waals surface area contributed by atoms with Gasteiger partial charge in [-0.2, -0.15) is 0 Å². The van der Waals surface area contributed by atoms with Crippen LogP contribution in [0.2, 0.25) is 0 Å². The van der Waals surface area contributed by atoms with Gasteiger partial charge in [0, 0.05) is 12.1 Å². The smallest absolute Gasteiger partial charge is 0.0648 e. The number of rotatable bonds is 1. The molecule has 2 saturated heterocycles. The minimum Gasteiger partial charge on any atom is -0.379 e. The first-order chi connectivity index (χ1) is 6.81. The van der Waals surface area contributed by atoms with Crippen LogP contribution in [0.3, 0.4) is 0 Å². The minimum absolute atomic E-state index is 0.331. The van der Waals surface area contributed by atoms with Gasteiger partial charge < -0.3 is 10.1 Å². The van der Waals surface area contributed by atoms with Crippen molar-refractivity contribution in [2.75, 3.05) is 39.4 Å². The lowest BCUT2D eigenvalue weighted by atomic mass is 9.98. The molecule has 0 aliphatic carbocycles. The summed E-state index contributed by atoms with van der Waals surface area (Å²) in [6.45, 7) is 9.04. The maximum Gasteiger partial charge on any atom is 0.0648 e. The lowest BCUT2D eigenvalue weighted by Crippen LogP contribution is -2.49. The Balaban J connectivity index is 1.92. The van der Waals surface area contributed by atoms with E-state index in [1.807, 2.05) is 0 Å². The second-order valence-electron chi connectivity index (χ2n) is 4.74. The van der Waals surface area contributed by atoms with Crippen LogP contribution in [0.1, 0.15) is 26.2 Å². The summed E-state index contributed by atoms with van der Waals surface area (Å²) >= 11 is 0.